The van der Waals surface area contributed by atoms with Crippen LogP contribution in [0.2, 0.25) is 0 Å². The number of Topliss-reactive ketones (excluding diaryl/α,β-unsaturated/α-hetero) is 1. The van der Waals surface area contributed by atoms with Crippen molar-refractivity contribution in [2.75, 3.05) is 13.2 Å². The lowest BCUT2D eigenvalue weighted by atomic mass is 9.95. The molecule has 190 valence electrons. The Labute approximate surface area is 215 Å². The number of carbonyl (C=O) groups is 2. The number of non-ortho nitro benzene ring substituents is 1. The van der Waals surface area contributed by atoms with E-state index in [2.05, 4.69) is 6.92 Å². The molecule has 8 nitrogen and oxygen atoms in total. The van der Waals surface area contributed by atoms with E-state index in [9.17, 15) is 24.8 Å². The van der Waals surface area contributed by atoms with Crippen LogP contribution in [0.1, 0.15) is 42.5 Å². The highest BCUT2D eigenvalue weighted by Crippen LogP contribution is 2.40. The molecule has 1 aliphatic heterocycles. The van der Waals surface area contributed by atoms with Gasteiger partial charge in [0, 0.05) is 24.2 Å². The van der Waals surface area contributed by atoms with Gasteiger partial charge in [0.25, 0.3) is 17.4 Å². The highest BCUT2D eigenvalue weighted by atomic mass is 16.6. The lowest BCUT2D eigenvalue weighted by molar-refractivity contribution is -0.384. The Morgan fingerprint density at radius 1 is 1.03 bits per heavy atom. The zero-order valence-corrected chi connectivity index (χ0v) is 20.5. The van der Waals surface area contributed by atoms with Gasteiger partial charge in [0.2, 0.25) is 0 Å². The van der Waals surface area contributed by atoms with Crippen LogP contribution < -0.4 is 4.74 Å². The maximum atomic E-state index is 13.2. The number of ether oxygens (including phenoxy) is 1. The third kappa shape index (κ3) is 5.69. The van der Waals surface area contributed by atoms with E-state index in [1.807, 2.05) is 30.3 Å². The minimum absolute atomic E-state index is 0.0578. The van der Waals surface area contributed by atoms with Crippen LogP contribution in [-0.2, 0) is 16.0 Å². The summed E-state index contributed by atoms with van der Waals surface area (Å²) in [6.45, 7) is 2.81. The summed E-state index contributed by atoms with van der Waals surface area (Å²) in [5.41, 5.74) is 1.67. The van der Waals surface area contributed by atoms with Gasteiger partial charge in [0.05, 0.1) is 23.1 Å². The van der Waals surface area contributed by atoms with E-state index < -0.39 is 22.7 Å². The van der Waals surface area contributed by atoms with Crippen molar-refractivity contribution in [2.24, 2.45) is 0 Å². The van der Waals surface area contributed by atoms with E-state index in [0.29, 0.717) is 29.9 Å². The van der Waals surface area contributed by atoms with E-state index in [1.165, 1.54) is 29.2 Å². The Hall–Kier alpha value is -4.46. The molecular formula is C29H28N2O6. The fourth-order valence-corrected chi connectivity index (χ4v) is 4.35. The second kappa shape index (κ2) is 11.5. The van der Waals surface area contributed by atoms with Crippen LogP contribution in [0.3, 0.4) is 0 Å². The molecule has 1 atom stereocenters. The van der Waals surface area contributed by atoms with Crippen molar-refractivity contribution in [3.05, 3.63) is 111 Å². The van der Waals surface area contributed by atoms with Crippen molar-refractivity contribution in [3.63, 3.8) is 0 Å². The van der Waals surface area contributed by atoms with Gasteiger partial charge in [-0.15, -0.1) is 0 Å². The second-order valence-electron chi connectivity index (χ2n) is 8.81. The Morgan fingerprint density at radius 2 is 1.76 bits per heavy atom. The number of aliphatic hydroxyl groups excluding tert-OH is 1. The quantitative estimate of drug-likeness (QED) is 0.0992. The Balaban J connectivity index is 1.75. The molecule has 1 fully saturated rings. The predicted molar refractivity (Wildman–Crippen MR) is 139 cm³/mol. The summed E-state index contributed by atoms with van der Waals surface area (Å²) in [7, 11) is 0. The molecular weight excluding hydrogens is 472 g/mol. The number of unbranched alkanes of at least 4 members (excludes halogenated alkanes) is 1. The summed E-state index contributed by atoms with van der Waals surface area (Å²) in [6, 6.07) is 21.1. The lowest BCUT2D eigenvalue weighted by Gasteiger charge is -2.25. The van der Waals surface area contributed by atoms with Crippen LogP contribution >= 0.6 is 0 Å². The van der Waals surface area contributed by atoms with Crippen LogP contribution in [0.4, 0.5) is 5.69 Å². The molecule has 1 amide bonds. The predicted octanol–water partition coefficient (Wildman–Crippen LogP) is 5.44. The Bertz CT molecular complexity index is 1320. The number of nitro groups is 1. The molecule has 3 aromatic rings. The smallest absolute Gasteiger partial charge is 0.295 e. The number of hydrogen-bond donors (Lipinski definition) is 1. The fourth-order valence-electron chi connectivity index (χ4n) is 4.35. The molecule has 0 radical (unpaired) electrons. The normalized spacial score (nSPS) is 16.7. The monoisotopic (exact) mass is 500 g/mol. The molecule has 1 aliphatic rings. The molecule has 0 spiro atoms. The third-order valence-corrected chi connectivity index (χ3v) is 6.32. The number of likely N-dealkylation sites (tertiary alicyclic amines) is 1. The first kappa shape index (κ1) is 25.6. The van der Waals surface area contributed by atoms with Gasteiger partial charge in [0.1, 0.15) is 11.5 Å². The highest BCUT2D eigenvalue weighted by Gasteiger charge is 2.46. The molecule has 0 aromatic heterocycles. The zero-order chi connectivity index (χ0) is 26.4. The maximum absolute atomic E-state index is 13.2. The van der Waals surface area contributed by atoms with Crippen molar-refractivity contribution in [1.29, 1.82) is 0 Å². The first-order chi connectivity index (χ1) is 17.9. The number of aliphatic hydroxyl groups is 1. The number of carbonyl (C=O) groups excluding carboxylic acids is 2. The van der Waals surface area contributed by atoms with Crippen LogP contribution in [-0.4, -0.2) is 39.8 Å². The SMILES string of the molecule is CCCCOc1cccc(C(O)=C2C(=O)C(=O)N(CCc3ccccc3)C2c2ccc([N+](=O)[O-])cc2)c1. The largest absolute Gasteiger partial charge is 0.507 e. The number of ketones is 1. The molecule has 3 aromatic carbocycles. The number of hydrogen-bond acceptors (Lipinski definition) is 6. The molecule has 0 bridgehead atoms. The molecule has 8 heteroatoms. The average Bonchev–Trinajstić information content (AvgIpc) is 3.17. The van der Waals surface area contributed by atoms with E-state index >= 15 is 0 Å². The summed E-state index contributed by atoms with van der Waals surface area (Å²) >= 11 is 0. The number of benzene rings is 3. The number of nitro benzene ring substituents is 1. The Kier molecular flexibility index (Phi) is 7.98. The van der Waals surface area contributed by atoms with Gasteiger partial charge < -0.3 is 14.7 Å². The summed E-state index contributed by atoms with van der Waals surface area (Å²) in [5, 5.41) is 22.5. The first-order valence-electron chi connectivity index (χ1n) is 12.2. The number of nitrogens with zero attached hydrogens (tertiary/aromatic N) is 2. The maximum Gasteiger partial charge on any atom is 0.295 e. The topological polar surface area (TPSA) is 110 Å². The zero-order valence-electron chi connectivity index (χ0n) is 20.5. The van der Waals surface area contributed by atoms with Crippen LogP contribution in [0.5, 0.6) is 5.75 Å². The van der Waals surface area contributed by atoms with Crippen LogP contribution in [0.15, 0.2) is 84.4 Å². The van der Waals surface area contributed by atoms with E-state index in [1.54, 1.807) is 24.3 Å². The van der Waals surface area contributed by atoms with Gasteiger partial charge in [-0.25, -0.2) is 0 Å². The summed E-state index contributed by atoms with van der Waals surface area (Å²) in [4.78, 5) is 38.5. The summed E-state index contributed by atoms with van der Waals surface area (Å²) in [6.07, 6.45) is 2.35. The van der Waals surface area contributed by atoms with E-state index in [-0.39, 0.29) is 23.6 Å². The van der Waals surface area contributed by atoms with E-state index in [0.717, 1.165) is 18.4 Å². The van der Waals surface area contributed by atoms with E-state index in [4.69, 9.17) is 4.74 Å². The number of amides is 1. The van der Waals surface area contributed by atoms with Crippen LogP contribution in [0.25, 0.3) is 5.76 Å². The van der Waals surface area contributed by atoms with Gasteiger partial charge in [-0.05, 0) is 48.2 Å². The highest BCUT2D eigenvalue weighted by molar-refractivity contribution is 6.46. The standard InChI is InChI=1S/C29H28N2O6/c1-2-3-18-37-24-11-7-10-22(19-24)27(32)25-26(21-12-14-23(15-13-21)31(35)36)30(29(34)28(25)33)17-16-20-8-5-4-6-9-20/h4-15,19,26,32H,2-3,16-18H2,1H3. The number of rotatable bonds is 10. The van der Waals surface area contributed by atoms with Gasteiger partial charge in [-0.3, -0.25) is 19.7 Å². The van der Waals surface area contributed by atoms with Gasteiger partial charge in [0.15, 0.2) is 0 Å². The fraction of sp³-hybridized carbons (Fsp3) is 0.241. The van der Waals surface area contributed by atoms with Crippen LogP contribution in [0, 0.1) is 10.1 Å². The Morgan fingerprint density at radius 3 is 2.43 bits per heavy atom. The molecule has 4 rings (SSSR count). The minimum Gasteiger partial charge on any atom is -0.507 e. The summed E-state index contributed by atoms with van der Waals surface area (Å²) < 4.78 is 5.74. The molecule has 0 aliphatic carbocycles. The molecule has 1 heterocycles. The first-order valence-corrected chi connectivity index (χ1v) is 12.2. The minimum atomic E-state index is -0.894. The van der Waals surface area contributed by atoms with Crippen molar-refractivity contribution < 1.29 is 24.4 Å². The second-order valence-corrected chi connectivity index (χ2v) is 8.81. The third-order valence-electron chi connectivity index (χ3n) is 6.32. The van der Waals surface area contributed by atoms with Crippen molar-refractivity contribution in [1.82, 2.24) is 4.90 Å². The molecule has 0 saturated carbocycles. The van der Waals surface area contributed by atoms with Gasteiger partial charge in [-0.1, -0.05) is 55.8 Å². The molecule has 1 unspecified atom stereocenters. The van der Waals surface area contributed by atoms with Crippen molar-refractivity contribution >= 4 is 23.1 Å². The van der Waals surface area contributed by atoms with Gasteiger partial charge in [-0.2, -0.15) is 0 Å². The average molecular weight is 501 g/mol. The molecule has 1 saturated heterocycles. The molecule has 1 N–H and O–H groups in total. The van der Waals surface area contributed by atoms with Crippen molar-refractivity contribution in [2.45, 2.75) is 32.2 Å². The molecule has 37 heavy (non-hydrogen) atoms. The summed E-state index contributed by atoms with van der Waals surface area (Å²) in [5.74, 6) is -1.30. The van der Waals surface area contributed by atoms with Crippen molar-refractivity contribution in [3.8, 4) is 5.75 Å². The lowest BCUT2D eigenvalue weighted by Crippen LogP contribution is -2.31. The van der Waals surface area contributed by atoms with Gasteiger partial charge >= 0.3 is 0 Å².